The zero-order valence-corrected chi connectivity index (χ0v) is 13.8. The summed E-state index contributed by atoms with van der Waals surface area (Å²) in [6, 6.07) is 5.04. The van der Waals surface area contributed by atoms with E-state index >= 15 is 0 Å². The van der Waals surface area contributed by atoms with Gasteiger partial charge in [-0.2, -0.15) is 0 Å². The van der Waals surface area contributed by atoms with Gasteiger partial charge in [-0.25, -0.2) is 0 Å². The van der Waals surface area contributed by atoms with Crippen molar-refractivity contribution in [3.8, 4) is 0 Å². The van der Waals surface area contributed by atoms with Gasteiger partial charge < -0.3 is 5.32 Å². The minimum atomic E-state index is -0.477. The van der Waals surface area contributed by atoms with Crippen LogP contribution in [0, 0.1) is 0 Å². The van der Waals surface area contributed by atoms with E-state index in [1.165, 1.54) is 4.90 Å². The molecule has 1 aromatic rings. The van der Waals surface area contributed by atoms with Crippen molar-refractivity contribution in [1.29, 1.82) is 0 Å². The molecule has 2 aliphatic rings. The number of rotatable bonds is 3. The average Bonchev–Trinajstić information content (AvgIpc) is 3.04. The fourth-order valence-electron chi connectivity index (χ4n) is 3.10. The van der Waals surface area contributed by atoms with Crippen LogP contribution in [0.4, 0.5) is 5.69 Å². The third-order valence-corrected chi connectivity index (χ3v) is 5.37. The Morgan fingerprint density at radius 1 is 1.24 bits per heavy atom. The standard InChI is InChI=1S/C15H16BrClN2O2/c16-11-6-5-9(7-12(11)17)18-13-8-14(20)19(15(13)21)10-3-1-2-4-10/h5-7,10,13,18H,1-4,8H2. The molecule has 0 bridgehead atoms. The topological polar surface area (TPSA) is 49.4 Å². The van der Waals surface area contributed by atoms with Gasteiger partial charge in [0.05, 0.1) is 11.4 Å². The molecule has 0 aromatic heterocycles. The van der Waals surface area contributed by atoms with Crippen molar-refractivity contribution in [1.82, 2.24) is 4.90 Å². The minimum Gasteiger partial charge on any atom is -0.373 e. The van der Waals surface area contributed by atoms with E-state index in [9.17, 15) is 9.59 Å². The Morgan fingerprint density at radius 2 is 1.95 bits per heavy atom. The van der Waals surface area contributed by atoms with Gasteiger partial charge in [-0.3, -0.25) is 14.5 Å². The maximum Gasteiger partial charge on any atom is 0.252 e. The van der Waals surface area contributed by atoms with Crippen LogP contribution < -0.4 is 5.32 Å². The monoisotopic (exact) mass is 370 g/mol. The first kappa shape index (κ1) is 14.9. The number of hydrogen-bond acceptors (Lipinski definition) is 3. The van der Waals surface area contributed by atoms with Crippen LogP contribution in [0.1, 0.15) is 32.1 Å². The molecule has 6 heteroatoms. The summed E-state index contributed by atoms with van der Waals surface area (Å²) >= 11 is 9.38. The SMILES string of the molecule is O=C1CC(Nc2ccc(Br)c(Cl)c2)C(=O)N1C1CCCC1. The Morgan fingerprint density at radius 3 is 2.62 bits per heavy atom. The number of halogens is 2. The molecular formula is C15H16BrClN2O2. The minimum absolute atomic E-state index is 0.0624. The van der Waals surface area contributed by atoms with Crippen LogP contribution in [0.5, 0.6) is 0 Å². The molecule has 1 aliphatic heterocycles. The lowest BCUT2D eigenvalue weighted by atomic mass is 10.2. The lowest BCUT2D eigenvalue weighted by Gasteiger charge is -2.22. The van der Waals surface area contributed by atoms with E-state index in [-0.39, 0.29) is 24.3 Å². The molecule has 2 amide bonds. The second kappa shape index (κ2) is 5.97. The number of carbonyl (C=O) groups is 2. The fraction of sp³-hybridized carbons (Fsp3) is 0.467. The molecule has 0 radical (unpaired) electrons. The lowest BCUT2D eigenvalue weighted by molar-refractivity contribution is -0.141. The van der Waals surface area contributed by atoms with Crippen molar-refractivity contribution in [2.75, 3.05) is 5.32 Å². The number of hydrogen-bond donors (Lipinski definition) is 1. The third-order valence-electron chi connectivity index (χ3n) is 4.13. The van der Waals surface area contributed by atoms with Crippen LogP contribution in [-0.4, -0.2) is 28.8 Å². The molecule has 4 nitrogen and oxygen atoms in total. The summed E-state index contributed by atoms with van der Waals surface area (Å²) in [5.74, 6) is -0.168. The van der Waals surface area contributed by atoms with Crippen molar-refractivity contribution in [2.45, 2.75) is 44.2 Å². The van der Waals surface area contributed by atoms with Gasteiger partial charge >= 0.3 is 0 Å². The number of likely N-dealkylation sites (tertiary alicyclic amines) is 1. The summed E-state index contributed by atoms with van der Waals surface area (Å²) in [7, 11) is 0. The molecule has 1 N–H and O–H groups in total. The largest absolute Gasteiger partial charge is 0.373 e. The fourth-order valence-corrected chi connectivity index (χ4v) is 3.52. The van der Waals surface area contributed by atoms with E-state index in [4.69, 9.17) is 11.6 Å². The number of amides is 2. The highest BCUT2D eigenvalue weighted by molar-refractivity contribution is 9.10. The van der Waals surface area contributed by atoms with Crippen molar-refractivity contribution < 1.29 is 9.59 Å². The van der Waals surface area contributed by atoms with Crippen LogP contribution in [0.15, 0.2) is 22.7 Å². The van der Waals surface area contributed by atoms with Crippen LogP contribution in [0.25, 0.3) is 0 Å². The smallest absolute Gasteiger partial charge is 0.252 e. The predicted molar refractivity (Wildman–Crippen MR) is 85.3 cm³/mol. The van der Waals surface area contributed by atoms with E-state index < -0.39 is 6.04 Å². The number of nitrogens with one attached hydrogen (secondary N) is 1. The van der Waals surface area contributed by atoms with Gasteiger partial charge in [-0.15, -0.1) is 0 Å². The lowest BCUT2D eigenvalue weighted by Crippen LogP contribution is -2.40. The molecule has 2 fully saturated rings. The first-order valence-corrected chi connectivity index (χ1v) is 8.31. The molecule has 1 aliphatic carbocycles. The van der Waals surface area contributed by atoms with Gasteiger partial charge in [0.1, 0.15) is 6.04 Å². The number of carbonyl (C=O) groups excluding carboxylic acids is 2. The van der Waals surface area contributed by atoms with E-state index in [1.807, 2.05) is 12.1 Å². The molecule has 21 heavy (non-hydrogen) atoms. The zero-order valence-electron chi connectivity index (χ0n) is 11.4. The summed E-state index contributed by atoms with van der Waals surface area (Å²) in [5.41, 5.74) is 0.752. The van der Waals surface area contributed by atoms with Crippen LogP contribution in [0.2, 0.25) is 5.02 Å². The van der Waals surface area contributed by atoms with E-state index in [2.05, 4.69) is 21.2 Å². The molecule has 1 saturated carbocycles. The predicted octanol–water partition coefficient (Wildman–Crippen LogP) is 3.58. The van der Waals surface area contributed by atoms with Crippen LogP contribution in [0.3, 0.4) is 0 Å². The summed E-state index contributed by atoms with van der Waals surface area (Å²) in [6.07, 6.45) is 4.30. The molecule has 112 valence electrons. The molecule has 3 rings (SSSR count). The highest BCUT2D eigenvalue weighted by atomic mass is 79.9. The normalized spacial score (nSPS) is 23.1. The van der Waals surface area contributed by atoms with Crippen molar-refractivity contribution in [3.63, 3.8) is 0 Å². The highest BCUT2D eigenvalue weighted by Gasteiger charge is 2.42. The summed E-state index contributed by atoms with van der Waals surface area (Å²) in [6.45, 7) is 0. The summed E-state index contributed by atoms with van der Waals surface area (Å²) in [5, 5.41) is 3.70. The second-order valence-electron chi connectivity index (χ2n) is 5.57. The second-order valence-corrected chi connectivity index (χ2v) is 6.83. The Kier molecular flexibility index (Phi) is 4.22. The molecule has 0 spiro atoms. The maximum absolute atomic E-state index is 12.5. The van der Waals surface area contributed by atoms with Gasteiger partial charge in [-0.05, 0) is 47.0 Å². The Bertz CT molecular complexity index is 587. The summed E-state index contributed by atoms with van der Waals surface area (Å²) < 4.78 is 0.802. The number of nitrogens with zero attached hydrogens (tertiary/aromatic N) is 1. The molecule has 1 atom stereocenters. The zero-order chi connectivity index (χ0) is 15.0. The Labute approximate surface area is 137 Å². The number of anilines is 1. The highest BCUT2D eigenvalue weighted by Crippen LogP contribution is 2.30. The van der Waals surface area contributed by atoms with Crippen molar-refractivity contribution >= 4 is 45.0 Å². The first-order chi connectivity index (χ1) is 10.1. The maximum atomic E-state index is 12.5. The third kappa shape index (κ3) is 2.94. The van der Waals surface area contributed by atoms with Crippen LogP contribution in [-0.2, 0) is 9.59 Å². The van der Waals surface area contributed by atoms with Gasteiger partial charge in [0.25, 0.3) is 5.91 Å². The quantitative estimate of drug-likeness (QED) is 0.826. The van der Waals surface area contributed by atoms with E-state index in [1.54, 1.807) is 6.07 Å². The van der Waals surface area contributed by atoms with Gasteiger partial charge in [0, 0.05) is 16.2 Å². The summed E-state index contributed by atoms with van der Waals surface area (Å²) in [4.78, 5) is 26.1. The van der Waals surface area contributed by atoms with Crippen LogP contribution >= 0.6 is 27.5 Å². The van der Waals surface area contributed by atoms with E-state index in [0.717, 1.165) is 35.8 Å². The average molecular weight is 372 g/mol. The molecule has 1 heterocycles. The van der Waals surface area contributed by atoms with Gasteiger partial charge in [-0.1, -0.05) is 24.4 Å². The van der Waals surface area contributed by atoms with Crippen molar-refractivity contribution in [3.05, 3.63) is 27.7 Å². The first-order valence-electron chi connectivity index (χ1n) is 7.14. The number of benzene rings is 1. The molecule has 1 aromatic carbocycles. The molecule has 1 saturated heterocycles. The van der Waals surface area contributed by atoms with E-state index in [0.29, 0.717) is 5.02 Å². The Balaban J connectivity index is 1.73. The Hall–Kier alpha value is -1.07. The molecular weight excluding hydrogens is 356 g/mol. The number of imide groups is 1. The van der Waals surface area contributed by atoms with Gasteiger partial charge in [0.2, 0.25) is 5.91 Å². The van der Waals surface area contributed by atoms with Crippen molar-refractivity contribution in [2.24, 2.45) is 0 Å². The molecule has 1 unspecified atom stereocenters. The van der Waals surface area contributed by atoms with Gasteiger partial charge in [0.15, 0.2) is 0 Å².